The van der Waals surface area contributed by atoms with Crippen LogP contribution in [0.25, 0.3) is 11.1 Å². The molecule has 2 heteroatoms. The molecule has 2 aliphatic rings. The van der Waals surface area contributed by atoms with Gasteiger partial charge in [0.25, 0.3) is 0 Å². The zero-order valence-electron chi connectivity index (χ0n) is 20.1. The van der Waals surface area contributed by atoms with Gasteiger partial charge in [-0.05, 0) is 77.1 Å². The molecule has 0 bridgehead atoms. The van der Waals surface area contributed by atoms with Crippen LogP contribution in [0.15, 0.2) is 66.7 Å². The molecular weight excluding hydrogens is 404 g/mol. The first kappa shape index (κ1) is 22.2. The van der Waals surface area contributed by atoms with Crippen LogP contribution in [0.2, 0.25) is 0 Å². The van der Waals surface area contributed by atoms with Crippen molar-refractivity contribution in [2.45, 2.75) is 83.5 Å². The smallest absolute Gasteiger partial charge is 0.204 e. The first-order valence-electron chi connectivity index (χ1n) is 12.8. The SMILES string of the molecule is CCC(C)c1ccc(OC(Cc2cccc3c2-c2ccccc2C3)OC2CCCCC2)cc1. The van der Waals surface area contributed by atoms with Gasteiger partial charge in [0, 0.05) is 6.42 Å². The molecule has 2 aliphatic carbocycles. The second-order valence-electron chi connectivity index (χ2n) is 9.81. The van der Waals surface area contributed by atoms with E-state index in [-0.39, 0.29) is 6.29 Å². The fourth-order valence-electron chi connectivity index (χ4n) is 5.42. The molecule has 0 N–H and O–H groups in total. The molecule has 0 amide bonds. The van der Waals surface area contributed by atoms with Crippen LogP contribution in [0.4, 0.5) is 0 Å². The highest BCUT2D eigenvalue weighted by Gasteiger charge is 2.25. The third kappa shape index (κ3) is 5.01. The van der Waals surface area contributed by atoms with Crippen molar-refractivity contribution in [3.05, 3.63) is 89.0 Å². The van der Waals surface area contributed by atoms with E-state index in [2.05, 4.69) is 80.6 Å². The lowest BCUT2D eigenvalue weighted by molar-refractivity contribution is -0.126. The Labute approximate surface area is 199 Å². The largest absolute Gasteiger partial charge is 0.465 e. The Bertz CT molecular complexity index is 1060. The molecule has 2 atom stereocenters. The van der Waals surface area contributed by atoms with Crippen molar-refractivity contribution in [2.75, 3.05) is 0 Å². The van der Waals surface area contributed by atoms with Crippen LogP contribution < -0.4 is 4.74 Å². The fraction of sp³-hybridized carbons (Fsp3) is 0.419. The molecule has 172 valence electrons. The van der Waals surface area contributed by atoms with Crippen molar-refractivity contribution >= 4 is 0 Å². The molecule has 0 spiro atoms. The molecule has 1 saturated carbocycles. The van der Waals surface area contributed by atoms with E-state index in [1.165, 1.54) is 52.6 Å². The van der Waals surface area contributed by atoms with Crippen LogP contribution in [-0.4, -0.2) is 12.4 Å². The summed E-state index contributed by atoms with van der Waals surface area (Å²) in [6.45, 7) is 4.51. The zero-order valence-corrected chi connectivity index (χ0v) is 20.1. The van der Waals surface area contributed by atoms with E-state index >= 15 is 0 Å². The zero-order chi connectivity index (χ0) is 22.6. The van der Waals surface area contributed by atoms with Crippen molar-refractivity contribution in [1.29, 1.82) is 0 Å². The molecule has 0 radical (unpaired) electrons. The van der Waals surface area contributed by atoms with E-state index < -0.39 is 0 Å². The summed E-state index contributed by atoms with van der Waals surface area (Å²) in [5, 5.41) is 0. The number of benzene rings is 3. The van der Waals surface area contributed by atoms with E-state index in [1.807, 2.05) is 0 Å². The lowest BCUT2D eigenvalue weighted by atomic mass is 9.96. The van der Waals surface area contributed by atoms with Gasteiger partial charge < -0.3 is 9.47 Å². The number of rotatable bonds is 8. The maximum Gasteiger partial charge on any atom is 0.204 e. The van der Waals surface area contributed by atoms with Gasteiger partial charge in [-0.3, -0.25) is 0 Å². The normalized spacial score (nSPS) is 17.3. The lowest BCUT2D eigenvalue weighted by Crippen LogP contribution is -2.30. The molecule has 0 heterocycles. The van der Waals surface area contributed by atoms with Gasteiger partial charge >= 0.3 is 0 Å². The van der Waals surface area contributed by atoms with Gasteiger partial charge in [-0.1, -0.05) is 87.7 Å². The Morgan fingerprint density at radius 1 is 0.848 bits per heavy atom. The summed E-state index contributed by atoms with van der Waals surface area (Å²) >= 11 is 0. The molecule has 1 fully saturated rings. The minimum Gasteiger partial charge on any atom is -0.465 e. The molecule has 0 aromatic heterocycles. The average molecular weight is 441 g/mol. The standard InChI is InChI=1S/C31H36O2/c1-3-22(2)23-16-18-28(19-17-23)33-30(32-27-13-5-4-6-14-27)21-26-12-9-11-25-20-24-10-7-8-15-29(24)31(25)26/h7-12,15-19,22,27,30H,3-6,13-14,20-21H2,1-2H3. The van der Waals surface area contributed by atoms with Crippen molar-refractivity contribution in [2.24, 2.45) is 0 Å². The maximum atomic E-state index is 6.62. The molecule has 5 rings (SSSR count). The van der Waals surface area contributed by atoms with Crippen LogP contribution in [0.1, 0.15) is 80.5 Å². The number of hydrogen-bond acceptors (Lipinski definition) is 2. The summed E-state index contributed by atoms with van der Waals surface area (Å²) in [5.41, 5.74) is 8.30. The second-order valence-corrected chi connectivity index (χ2v) is 9.81. The molecular formula is C31H36O2. The van der Waals surface area contributed by atoms with Gasteiger partial charge in [-0.2, -0.15) is 0 Å². The van der Waals surface area contributed by atoms with Crippen molar-refractivity contribution in [3.8, 4) is 16.9 Å². The lowest BCUT2D eigenvalue weighted by Gasteiger charge is -2.28. The molecule has 0 saturated heterocycles. The Morgan fingerprint density at radius 2 is 1.61 bits per heavy atom. The first-order chi connectivity index (χ1) is 16.2. The Morgan fingerprint density at radius 3 is 2.39 bits per heavy atom. The average Bonchev–Trinajstić information content (AvgIpc) is 3.24. The minimum absolute atomic E-state index is 0.276. The van der Waals surface area contributed by atoms with Crippen LogP contribution >= 0.6 is 0 Å². The Kier molecular flexibility index (Phi) is 6.83. The minimum atomic E-state index is -0.276. The van der Waals surface area contributed by atoms with Crippen molar-refractivity contribution in [1.82, 2.24) is 0 Å². The quantitative estimate of drug-likeness (QED) is 0.258. The monoisotopic (exact) mass is 440 g/mol. The third-order valence-electron chi connectivity index (χ3n) is 7.52. The Hall–Kier alpha value is -2.58. The second kappa shape index (κ2) is 10.1. The van der Waals surface area contributed by atoms with Gasteiger partial charge in [0.1, 0.15) is 5.75 Å². The fourth-order valence-corrected chi connectivity index (χ4v) is 5.42. The molecule has 2 nitrogen and oxygen atoms in total. The van der Waals surface area contributed by atoms with Crippen LogP contribution in [0, 0.1) is 0 Å². The van der Waals surface area contributed by atoms with Crippen LogP contribution in [0.3, 0.4) is 0 Å². The molecule has 2 unspecified atom stereocenters. The number of fused-ring (bicyclic) bond motifs is 3. The number of ether oxygens (including phenoxy) is 2. The summed E-state index contributed by atoms with van der Waals surface area (Å²) in [5.74, 6) is 1.47. The summed E-state index contributed by atoms with van der Waals surface area (Å²) in [4.78, 5) is 0. The number of hydrogen-bond donors (Lipinski definition) is 0. The molecule has 33 heavy (non-hydrogen) atoms. The van der Waals surface area contributed by atoms with Crippen LogP contribution in [0.5, 0.6) is 5.75 Å². The summed E-state index contributed by atoms with van der Waals surface area (Å²) in [6, 6.07) is 24.2. The summed E-state index contributed by atoms with van der Waals surface area (Å²) < 4.78 is 13.1. The van der Waals surface area contributed by atoms with E-state index in [0.29, 0.717) is 12.0 Å². The molecule has 3 aromatic rings. The maximum absolute atomic E-state index is 6.62. The van der Waals surface area contributed by atoms with Gasteiger partial charge in [-0.15, -0.1) is 0 Å². The van der Waals surface area contributed by atoms with E-state index in [4.69, 9.17) is 9.47 Å². The highest BCUT2D eigenvalue weighted by molar-refractivity contribution is 5.79. The predicted octanol–water partition coefficient (Wildman–Crippen LogP) is 8.07. The van der Waals surface area contributed by atoms with Crippen molar-refractivity contribution in [3.63, 3.8) is 0 Å². The van der Waals surface area contributed by atoms with E-state index in [9.17, 15) is 0 Å². The highest BCUT2D eigenvalue weighted by Crippen LogP contribution is 2.39. The molecule has 3 aromatic carbocycles. The molecule has 0 aliphatic heterocycles. The first-order valence-corrected chi connectivity index (χ1v) is 12.8. The van der Waals surface area contributed by atoms with Gasteiger partial charge in [0.15, 0.2) is 0 Å². The van der Waals surface area contributed by atoms with Crippen LogP contribution in [-0.2, 0) is 17.6 Å². The predicted molar refractivity (Wildman–Crippen MR) is 136 cm³/mol. The topological polar surface area (TPSA) is 18.5 Å². The summed E-state index contributed by atoms with van der Waals surface area (Å²) in [7, 11) is 0. The highest BCUT2D eigenvalue weighted by atomic mass is 16.7. The van der Waals surface area contributed by atoms with E-state index in [0.717, 1.165) is 37.9 Å². The van der Waals surface area contributed by atoms with Gasteiger partial charge in [0.05, 0.1) is 6.10 Å². The van der Waals surface area contributed by atoms with E-state index in [1.54, 1.807) is 0 Å². The summed E-state index contributed by atoms with van der Waals surface area (Å²) in [6.07, 6.45) is 9.08. The van der Waals surface area contributed by atoms with Gasteiger partial charge in [0.2, 0.25) is 6.29 Å². The third-order valence-corrected chi connectivity index (χ3v) is 7.52. The van der Waals surface area contributed by atoms with Crippen molar-refractivity contribution < 1.29 is 9.47 Å². The Balaban J connectivity index is 1.40. The van der Waals surface area contributed by atoms with Gasteiger partial charge in [-0.25, -0.2) is 0 Å².